The molecule has 0 radical (unpaired) electrons. The van der Waals surface area contributed by atoms with Crippen molar-refractivity contribution >= 4 is 31.6 Å². The lowest BCUT2D eigenvalue weighted by molar-refractivity contribution is 0.597. The summed E-state index contributed by atoms with van der Waals surface area (Å²) >= 11 is 3.39. The predicted molar refractivity (Wildman–Crippen MR) is 79.6 cm³/mol. The molecule has 102 valence electrons. The van der Waals surface area contributed by atoms with E-state index < -0.39 is 10.0 Å². The third-order valence-electron chi connectivity index (χ3n) is 2.55. The van der Waals surface area contributed by atoms with Gasteiger partial charge in [0.2, 0.25) is 10.0 Å². The fourth-order valence-corrected chi connectivity index (χ4v) is 3.50. The SMILES string of the molecule is CCNCCS(=O)(=O)Nc1c(C)cc(Br)cc1C. The van der Waals surface area contributed by atoms with Crippen molar-refractivity contribution in [3.63, 3.8) is 0 Å². The minimum absolute atomic E-state index is 0.0792. The molecule has 0 saturated carbocycles. The molecule has 0 aliphatic carbocycles. The van der Waals surface area contributed by atoms with Gasteiger partial charge in [-0.3, -0.25) is 4.72 Å². The van der Waals surface area contributed by atoms with Gasteiger partial charge in [-0.25, -0.2) is 8.42 Å². The summed E-state index contributed by atoms with van der Waals surface area (Å²) in [5, 5.41) is 3.00. The summed E-state index contributed by atoms with van der Waals surface area (Å²) in [5.41, 5.74) is 2.50. The Labute approximate surface area is 117 Å². The number of hydrogen-bond donors (Lipinski definition) is 2. The van der Waals surface area contributed by atoms with Gasteiger partial charge in [0.25, 0.3) is 0 Å². The average Bonchev–Trinajstić information content (AvgIpc) is 2.23. The first kappa shape index (κ1) is 15.5. The second-order valence-electron chi connectivity index (χ2n) is 4.19. The largest absolute Gasteiger partial charge is 0.316 e. The maximum absolute atomic E-state index is 11.9. The van der Waals surface area contributed by atoms with Crippen LogP contribution in [0.3, 0.4) is 0 Å². The van der Waals surface area contributed by atoms with Crippen molar-refractivity contribution in [1.82, 2.24) is 5.32 Å². The maximum atomic E-state index is 11.9. The van der Waals surface area contributed by atoms with Crippen molar-refractivity contribution in [2.24, 2.45) is 0 Å². The van der Waals surface area contributed by atoms with E-state index in [1.54, 1.807) is 0 Å². The zero-order valence-corrected chi connectivity index (χ0v) is 13.3. The number of anilines is 1. The third kappa shape index (κ3) is 4.59. The summed E-state index contributed by atoms with van der Waals surface area (Å²) in [6.07, 6.45) is 0. The van der Waals surface area contributed by atoms with Gasteiger partial charge >= 0.3 is 0 Å². The van der Waals surface area contributed by atoms with E-state index in [4.69, 9.17) is 0 Å². The van der Waals surface area contributed by atoms with Crippen LogP contribution in [0.4, 0.5) is 5.69 Å². The van der Waals surface area contributed by atoms with E-state index in [-0.39, 0.29) is 5.75 Å². The molecule has 0 spiro atoms. The van der Waals surface area contributed by atoms with Gasteiger partial charge in [-0.05, 0) is 43.7 Å². The number of aryl methyl sites for hydroxylation is 2. The zero-order valence-electron chi connectivity index (χ0n) is 10.9. The highest BCUT2D eigenvalue weighted by atomic mass is 79.9. The molecule has 6 heteroatoms. The number of nitrogens with one attached hydrogen (secondary N) is 2. The predicted octanol–water partition coefficient (Wildman–Crippen LogP) is 2.42. The molecule has 0 heterocycles. The molecule has 0 amide bonds. The molecule has 18 heavy (non-hydrogen) atoms. The summed E-state index contributed by atoms with van der Waals surface area (Å²) in [4.78, 5) is 0. The molecule has 0 aliphatic heterocycles. The Morgan fingerprint density at radius 3 is 2.28 bits per heavy atom. The molecule has 1 aromatic rings. The molecule has 0 aromatic heterocycles. The fraction of sp³-hybridized carbons (Fsp3) is 0.500. The van der Waals surface area contributed by atoms with Crippen molar-refractivity contribution in [1.29, 1.82) is 0 Å². The smallest absolute Gasteiger partial charge is 0.233 e. The van der Waals surface area contributed by atoms with E-state index in [0.717, 1.165) is 22.1 Å². The fourth-order valence-electron chi connectivity index (χ4n) is 1.66. The molecule has 2 N–H and O–H groups in total. The Morgan fingerprint density at radius 1 is 1.22 bits per heavy atom. The zero-order chi connectivity index (χ0) is 13.8. The van der Waals surface area contributed by atoms with Gasteiger partial charge in [0.15, 0.2) is 0 Å². The lowest BCUT2D eigenvalue weighted by atomic mass is 10.1. The number of sulfonamides is 1. The summed E-state index contributed by atoms with van der Waals surface area (Å²) < 4.78 is 27.4. The molecule has 0 bridgehead atoms. The van der Waals surface area contributed by atoms with Gasteiger partial charge in [0.05, 0.1) is 11.4 Å². The van der Waals surface area contributed by atoms with E-state index >= 15 is 0 Å². The van der Waals surface area contributed by atoms with E-state index in [1.165, 1.54) is 0 Å². The van der Waals surface area contributed by atoms with Crippen molar-refractivity contribution in [2.45, 2.75) is 20.8 Å². The Kier molecular flexibility index (Phi) is 5.62. The second-order valence-corrected chi connectivity index (χ2v) is 6.95. The summed E-state index contributed by atoms with van der Waals surface area (Å²) in [5.74, 6) is 0.0792. The van der Waals surface area contributed by atoms with E-state index in [0.29, 0.717) is 12.2 Å². The highest BCUT2D eigenvalue weighted by molar-refractivity contribution is 9.10. The van der Waals surface area contributed by atoms with Crippen molar-refractivity contribution in [3.05, 3.63) is 27.7 Å². The van der Waals surface area contributed by atoms with Crippen LogP contribution in [0.15, 0.2) is 16.6 Å². The number of rotatable bonds is 6. The van der Waals surface area contributed by atoms with E-state index in [1.807, 2.05) is 32.9 Å². The molecular formula is C12H19BrN2O2S. The van der Waals surface area contributed by atoms with Crippen LogP contribution in [0.2, 0.25) is 0 Å². The van der Waals surface area contributed by atoms with Crippen LogP contribution in [0.5, 0.6) is 0 Å². The Hall–Kier alpha value is -0.590. The van der Waals surface area contributed by atoms with Crippen LogP contribution < -0.4 is 10.0 Å². The first-order chi connectivity index (χ1) is 8.35. The number of benzene rings is 1. The van der Waals surface area contributed by atoms with Crippen LogP contribution in [-0.4, -0.2) is 27.3 Å². The van der Waals surface area contributed by atoms with Crippen molar-refractivity contribution in [2.75, 3.05) is 23.6 Å². The first-order valence-corrected chi connectivity index (χ1v) is 8.28. The first-order valence-electron chi connectivity index (χ1n) is 5.83. The molecular weight excluding hydrogens is 316 g/mol. The van der Waals surface area contributed by atoms with E-state index in [2.05, 4.69) is 26.0 Å². The number of halogens is 1. The summed E-state index contributed by atoms with van der Waals surface area (Å²) in [6.45, 7) is 6.95. The third-order valence-corrected chi connectivity index (χ3v) is 4.27. The molecule has 0 atom stereocenters. The lowest BCUT2D eigenvalue weighted by Gasteiger charge is -2.14. The van der Waals surface area contributed by atoms with Crippen LogP contribution in [0, 0.1) is 13.8 Å². The maximum Gasteiger partial charge on any atom is 0.233 e. The minimum atomic E-state index is -3.29. The van der Waals surface area contributed by atoms with Gasteiger partial charge in [-0.2, -0.15) is 0 Å². The van der Waals surface area contributed by atoms with Gasteiger partial charge in [-0.15, -0.1) is 0 Å². The quantitative estimate of drug-likeness (QED) is 0.785. The monoisotopic (exact) mass is 334 g/mol. The van der Waals surface area contributed by atoms with Crippen LogP contribution in [-0.2, 0) is 10.0 Å². The Bertz CT molecular complexity index is 492. The minimum Gasteiger partial charge on any atom is -0.316 e. The Morgan fingerprint density at radius 2 is 1.78 bits per heavy atom. The molecule has 4 nitrogen and oxygen atoms in total. The molecule has 0 fully saturated rings. The molecule has 1 aromatic carbocycles. The van der Waals surface area contributed by atoms with Crippen molar-refractivity contribution < 1.29 is 8.42 Å². The lowest BCUT2D eigenvalue weighted by Crippen LogP contribution is -2.27. The van der Waals surface area contributed by atoms with Crippen molar-refractivity contribution in [3.8, 4) is 0 Å². The molecule has 0 aliphatic rings. The highest BCUT2D eigenvalue weighted by Crippen LogP contribution is 2.25. The molecule has 0 unspecified atom stereocenters. The molecule has 1 rings (SSSR count). The Balaban J connectivity index is 2.84. The van der Waals surface area contributed by atoms with Gasteiger partial charge in [0, 0.05) is 11.0 Å². The van der Waals surface area contributed by atoms with Crippen LogP contribution in [0.1, 0.15) is 18.1 Å². The average molecular weight is 335 g/mol. The highest BCUT2D eigenvalue weighted by Gasteiger charge is 2.13. The summed E-state index contributed by atoms with van der Waals surface area (Å²) in [7, 11) is -3.29. The van der Waals surface area contributed by atoms with Gasteiger partial charge in [0.1, 0.15) is 0 Å². The standard InChI is InChI=1S/C12H19BrN2O2S/c1-4-14-5-6-18(16,17)15-12-9(2)7-11(13)8-10(12)3/h7-8,14-15H,4-6H2,1-3H3. The number of hydrogen-bond acceptors (Lipinski definition) is 3. The topological polar surface area (TPSA) is 58.2 Å². The van der Waals surface area contributed by atoms with Gasteiger partial charge < -0.3 is 5.32 Å². The van der Waals surface area contributed by atoms with E-state index in [9.17, 15) is 8.42 Å². The van der Waals surface area contributed by atoms with Crippen LogP contribution in [0.25, 0.3) is 0 Å². The second kappa shape index (κ2) is 6.54. The normalized spacial score (nSPS) is 11.6. The van der Waals surface area contributed by atoms with Gasteiger partial charge in [-0.1, -0.05) is 22.9 Å². The van der Waals surface area contributed by atoms with Crippen LogP contribution >= 0.6 is 15.9 Å². The summed E-state index contributed by atoms with van der Waals surface area (Å²) in [6, 6.07) is 3.80. The molecule has 0 saturated heterocycles.